The zero-order valence-corrected chi connectivity index (χ0v) is 10.4. The van der Waals surface area contributed by atoms with Crippen LogP contribution in [0, 0.1) is 0 Å². The van der Waals surface area contributed by atoms with Gasteiger partial charge in [0.25, 0.3) is 0 Å². The quantitative estimate of drug-likeness (QED) is 0.729. The van der Waals surface area contributed by atoms with Gasteiger partial charge in [-0.15, -0.1) is 0 Å². The Bertz CT molecular complexity index is 111. The van der Waals surface area contributed by atoms with Crippen molar-refractivity contribution in [3.05, 3.63) is 0 Å². The number of hydrogen-bond donors (Lipinski definition) is 0. The summed E-state index contributed by atoms with van der Waals surface area (Å²) in [4.78, 5) is 10.5. The summed E-state index contributed by atoms with van der Waals surface area (Å²) >= 11 is -2.80. The van der Waals surface area contributed by atoms with E-state index in [9.17, 15) is 4.79 Å². The molecule has 0 saturated carbocycles. The first-order valence-electron chi connectivity index (χ1n) is 3.61. The summed E-state index contributed by atoms with van der Waals surface area (Å²) in [6, 6.07) is 0. The van der Waals surface area contributed by atoms with Crippen molar-refractivity contribution in [2.24, 2.45) is 0 Å². The Morgan fingerprint density at radius 1 is 1.27 bits per heavy atom. The summed E-state index contributed by atoms with van der Waals surface area (Å²) in [5, 5.41) is 0. The second-order valence-electron chi connectivity index (χ2n) is 1.81. The fourth-order valence-corrected chi connectivity index (χ4v) is 3.51. The van der Waals surface area contributed by atoms with Crippen molar-refractivity contribution in [3.8, 4) is 0 Å². The Labute approximate surface area is 76.2 Å². The van der Waals surface area contributed by atoms with Gasteiger partial charge in [0.2, 0.25) is 0 Å². The third-order valence-electron chi connectivity index (χ3n) is 0.868. The van der Waals surface area contributed by atoms with Gasteiger partial charge in [-0.25, -0.2) is 0 Å². The molecule has 0 radical (unpaired) electrons. The van der Waals surface area contributed by atoms with Gasteiger partial charge in [-0.05, 0) is 0 Å². The van der Waals surface area contributed by atoms with Gasteiger partial charge < -0.3 is 0 Å². The van der Waals surface area contributed by atoms with Crippen molar-refractivity contribution in [3.63, 3.8) is 0 Å². The Morgan fingerprint density at radius 3 is 2.00 bits per heavy atom. The van der Waals surface area contributed by atoms with Gasteiger partial charge in [-0.3, -0.25) is 0 Å². The molecule has 4 nitrogen and oxygen atoms in total. The molecule has 0 bridgehead atoms. The summed E-state index contributed by atoms with van der Waals surface area (Å²) in [6.07, 6.45) is 0. The van der Waals surface area contributed by atoms with Gasteiger partial charge in [0.15, 0.2) is 0 Å². The topological polar surface area (TPSA) is 44.8 Å². The van der Waals surface area contributed by atoms with E-state index in [-0.39, 0.29) is 5.97 Å². The monoisotopic (exact) mass is 264 g/mol. The summed E-state index contributed by atoms with van der Waals surface area (Å²) < 4.78 is 15.1. The van der Waals surface area contributed by atoms with Gasteiger partial charge >= 0.3 is 76.1 Å². The maximum absolute atomic E-state index is 10.5. The van der Waals surface area contributed by atoms with Crippen LogP contribution in [0.4, 0.5) is 0 Å². The minimum atomic E-state index is -2.80. The third kappa shape index (κ3) is 6.65. The molecule has 0 aliphatic rings. The number of rotatable bonds is 5. The van der Waals surface area contributed by atoms with Crippen LogP contribution in [0.5, 0.6) is 0 Å². The van der Waals surface area contributed by atoms with Gasteiger partial charge in [0.05, 0.1) is 0 Å². The Kier molecular flexibility index (Phi) is 7.10. The SMILES string of the molecule is CC[O][In]([O]CC)[O]C(C)=O. The zero-order chi connectivity index (χ0) is 8.69. The van der Waals surface area contributed by atoms with Crippen LogP contribution in [0.2, 0.25) is 0 Å². The first-order valence-corrected chi connectivity index (χ1v) is 7.64. The normalized spacial score (nSPS) is 9.36. The molecule has 0 aromatic heterocycles. The molecular formula is C6H13InO4. The number of carbonyl (C=O) groups excluding carboxylic acids is 1. The van der Waals surface area contributed by atoms with Crippen LogP contribution < -0.4 is 0 Å². The Hall–Kier alpha value is 0.260. The van der Waals surface area contributed by atoms with Crippen LogP contribution >= 0.6 is 0 Å². The van der Waals surface area contributed by atoms with Crippen LogP contribution in [0.1, 0.15) is 20.8 Å². The van der Waals surface area contributed by atoms with Crippen molar-refractivity contribution < 1.29 is 13.4 Å². The van der Waals surface area contributed by atoms with Crippen molar-refractivity contribution in [1.82, 2.24) is 0 Å². The van der Waals surface area contributed by atoms with Crippen molar-refractivity contribution >= 4 is 28.7 Å². The molecule has 0 atom stereocenters. The summed E-state index contributed by atoms with van der Waals surface area (Å²) in [6.45, 7) is 6.17. The minimum absolute atomic E-state index is 0.312. The fourth-order valence-electron chi connectivity index (χ4n) is 0.524. The van der Waals surface area contributed by atoms with Crippen molar-refractivity contribution in [2.75, 3.05) is 13.2 Å². The zero-order valence-electron chi connectivity index (χ0n) is 7.12. The molecule has 0 unspecified atom stereocenters. The van der Waals surface area contributed by atoms with Gasteiger partial charge in [0.1, 0.15) is 0 Å². The maximum atomic E-state index is 10.5. The van der Waals surface area contributed by atoms with Crippen LogP contribution in [0.15, 0.2) is 0 Å². The predicted octanol–water partition coefficient (Wildman–Crippen LogP) is 0.607. The molecule has 0 spiro atoms. The second kappa shape index (κ2) is 6.94. The van der Waals surface area contributed by atoms with E-state index in [1.165, 1.54) is 6.92 Å². The van der Waals surface area contributed by atoms with Crippen molar-refractivity contribution in [1.29, 1.82) is 0 Å². The van der Waals surface area contributed by atoms with E-state index in [1.807, 2.05) is 13.8 Å². The molecule has 0 aromatic carbocycles. The molecule has 0 aliphatic carbocycles. The molecule has 11 heavy (non-hydrogen) atoms. The van der Waals surface area contributed by atoms with E-state index in [0.29, 0.717) is 13.2 Å². The van der Waals surface area contributed by atoms with E-state index in [1.54, 1.807) is 0 Å². The van der Waals surface area contributed by atoms with E-state index in [0.717, 1.165) is 0 Å². The second-order valence-corrected chi connectivity index (χ2v) is 6.03. The summed E-state index contributed by atoms with van der Waals surface area (Å²) in [7, 11) is 0. The van der Waals surface area contributed by atoms with Gasteiger partial charge in [-0.2, -0.15) is 0 Å². The van der Waals surface area contributed by atoms with Crippen molar-refractivity contribution in [2.45, 2.75) is 20.8 Å². The molecule has 0 rings (SSSR count). The molecule has 0 heterocycles. The van der Waals surface area contributed by atoms with E-state index in [4.69, 9.17) is 8.56 Å². The van der Waals surface area contributed by atoms with E-state index in [2.05, 4.69) is 0 Å². The summed E-state index contributed by atoms with van der Waals surface area (Å²) in [5.41, 5.74) is 0. The Balaban J connectivity index is 3.59. The van der Waals surface area contributed by atoms with Crippen LogP contribution in [0.3, 0.4) is 0 Å². The van der Waals surface area contributed by atoms with Gasteiger partial charge in [0, 0.05) is 0 Å². The standard InChI is InChI=1S/C2H4O2.2C2H5O.In/c1-2(3)4;2*1-2-3;/h1H3,(H,3,4);2*2H2,1H3;/q;2*-1;+3/p-1. The molecule has 0 aromatic rings. The average Bonchev–Trinajstić information content (AvgIpc) is 1.87. The molecule has 0 aliphatic heterocycles. The fraction of sp³-hybridized carbons (Fsp3) is 0.833. The molecule has 5 heteroatoms. The summed E-state index contributed by atoms with van der Waals surface area (Å²) in [5.74, 6) is -0.312. The number of carbonyl (C=O) groups is 1. The van der Waals surface area contributed by atoms with Crippen LogP contribution in [-0.4, -0.2) is 41.9 Å². The Morgan fingerprint density at radius 2 is 1.73 bits per heavy atom. The molecular weight excluding hydrogens is 251 g/mol. The van der Waals surface area contributed by atoms with E-state index < -0.39 is 22.7 Å². The van der Waals surface area contributed by atoms with Gasteiger partial charge in [-0.1, -0.05) is 0 Å². The molecule has 0 saturated heterocycles. The molecule has 0 fully saturated rings. The van der Waals surface area contributed by atoms with Crippen LogP contribution in [0.25, 0.3) is 0 Å². The third-order valence-corrected chi connectivity index (χ3v) is 5.82. The average molecular weight is 264 g/mol. The number of hydrogen-bond acceptors (Lipinski definition) is 4. The molecule has 0 amide bonds. The van der Waals surface area contributed by atoms with Crippen LogP contribution in [-0.2, 0) is 13.4 Å². The predicted molar refractivity (Wildman–Crippen MR) is 40.8 cm³/mol. The molecule has 64 valence electrons. The first kappa shape index (κ1) is 11.3. The molecule has 0 N–H and O–H groups in total. The first-order chi connectivity index (χ1) is 5.20. The van der Waals surface area contributed by atoms with E-state index >= 15 is 0 Å².